The number of nitrogens with zero attached hydrogens (tertiary/aromatic N) is 1. The van der Waals surface area contributed by atoms with Crippen molar-refractivity contribution in [3.63, 3.8) is 0 Å². The first-order chi connectivity index (χ1) is 15.3. The number of carbonyl (C=O) groups is 4. The van der Waals surface area contributed by atoms with Crippen LogP contribution >= 0.6 is 15.9 Å². The van der Waals surface area contributed by atoms with Crippen LogP contribution in [0.15, 0.2) is 22.9 Å². The molecule has 0 bridgehead atoms. The van der Waals surface area contributed by atoms with Crippen molar-refractivity contribution < 1.29 is 33.4 Å². The molecule has 1 rings (SSSR count). The van der Waals surface area contributed by atoms with Crippen LogP contribution in [0.2, 0.25) is 0 Å². The van der Waals surface area contributed by atoms with E-state index in [0.29, 0.717) is 4.47 Å². The lowest BCUT2D eigenvalue weighted by atomic mass is 9.73. The Morgan fingerprint density at radius 2 is 1.79 bits per heavy atom. The van der Waals surface area contributed by atoms with Gasteiger partial charge in [-0.25, -0.2) is 0 Å². The molecule has 0 fully saturated rings. The minimum atomic E-state index is -2.18. The van der Waals surface area contributed by atoms with Gasteiger partial charge in [-0.2, -0.15) is 0 Å². The third-order valence-corrected chi connectivity index (χ3v) is 4.93. The summed E-state index contributed by atoms with van der Waals surface area (Å²) in [6.07, 6.45) is 2.57. The molecule has 1 heterocycles. The zero-order chi connectivity index (χ0) is 25.2. The van der Waals surface area contributed by atoms with Crippen molar-refractivity contribution in [2.45, 2.75) is 66.4 Å². The van der Waals surface area contributed by atoms with Crippen LogP contribution in [0.25, 0.3) is 0 Å². The number of pyridine rings is 1. The molecule has 0 spiro atoms. The summed E-state index contributed by atoms with van der Waals surface area (Å²) in [6.45, 7) is 10.5. The zero-order valence-corrected chi connectivity index (χ0v) is 21.8. The highest BCUT2D eigenvalue weighted by Crippen LogP contribution is 2.35. The van der Waals surface area contributed by atoms with E-state index in [0.717, 1.165) is 0 Å². The molecule has 0 amide bonds. The van der Waals surface area contributed by atoms with Crippen LogP contribution in [0.1, 0.15) is 71.2 Å². The van der Waals surface area contributed by atoms with E-state index in [9.17, 15) is 19.2 Å². The Labute approximate surface area is 203 Å². The summed E-state index contributed by atoms with van der Waals surface area (Å²) in [5, 5.41) is 0. The maximum Gasteiger partial charge on any atom is 0.328 e. The molecule has 184 valence electrons. The molecular formula is C24H34BrNO7. The fourth-order valence-electron chi connectivity index (χ4n) is 3.08. The molecule has 33 heavy (non-hydrogen) atoms. The van der Waals surface area contributed by atoms with E-state index in [1.54, 1.807) is 27.7 Å². The van der Waals surface area contributed by atoms with Gasteiger partial charge in [-0.05, 0) is 68.5 Å². The van der Waals surface area contributed by atoms with Crippen LogP contribution in [-0.4, -0.2) is 53.9 Å². The number of Topliss-reactive ketones (excluding diaryl/α,β-unsaturated/α-hetero) is 2. The van der Waals surface area contributed by atoms with Crippen molar-refractivity contribution >= 4 is 39.4 Å². The van der Waals surface area contributed by atoms with E-state index in [1.165, 1.54) is 18.5 Å². The summed E-state index contributed by atoms with van der Waals surface area (Å²) in [4.78, 5) is 56.5. The summed E-state index contributed by atoms with van der Waals surface area (Å²) >= 11 is 3.27. The van der Waals surface area contributed by atoms with E-state index < -0.39 is 41.1 Å². The molecule has 9 heteroatoms. The van der Waals surface area contributed by atoms with Gasteiger partial charge in [0.1, 0.15) is 12.2 Å². The fraction of sp³-hybridized carbons (Fsp3) is 0.625. The maximum absolute atomic E-state index is 13.7. The smallest absolute Gasteiger partial charge is 0.328 e. The Hall–Kier alpha value is -2.13. The summed E-state index contributed by atoms with van der Waals surface area (Å²) in [6, 6.07) is 1.49. The molecule has 0 aliphatic carbocycles. The number of aromatic nitrogens is 1. The molecule has 0 saturated heterocycles. The van der Waals surface area contributed by atoms with Crippen LogP contribution < -0.4 is 0 Å². The van der Waals surface area contributed by atoms with Crippen molar-refractivity contribution in [2.24, 2.45) is 11.3 Å². The highest BCUT2D eigenvalue weighted by Gasteiger charge is 2.54. The minimum absolute atomic E-state index is 0.0530. The molecule has 1 atom stereocenters. The SMILES string of the molecule is CCOC(=O)CCCC(C(=O)COCC(C)C)(C(=O)OC(C)(C)C)C(=O)c1cncc(Br)c1. The third kappa shape index (κ3) is 8.97. The first-order valence-electron chi connectivity index (χ1n) is 11.0. The Morgan fingerprint density at radius 1 is 1.12 bits per heavy atom. The maximum atomic E-state index is 13.7. The zero-order valence-electron chi connectivity index (χ0n) is 20.2. The Bertz CT molecular complexity index is 847. The second-order valence-corrected chi connectivity index (χ2v) is 10.0. The van der Waals surface area contributed by atoms with Crippen molar-refractivity contribution in [3.05, 3.63) is 28.5 Å². The second kappa shape index (κ2) is 12.9. The monoisotopic (exact) mass is 527 g/mol. The van der Waals surface area contributed by atoms with Gasteiger partial charge >= 0.3 is 11.9 Å². The van der Waals surface area contributed by atoms with Crippen LogP contribution in [-0.2, 0) is 28.6 Å². The molecule has 0 saturated carbocycles. The molecule has 0 N–H and O–H groups in total. The number of ether oxygens (including phenoxy) is 3. The quantitative estimate of drug-likeness (QED) is 0.212. The number of esters is 2. The van der Waals surface area contributed by atoms with Crippen LogP contribution in [0.3, 0.4) is 0 Å². The lowest BCUT2D eigenvalue weighted by Gasteiger charge is -2.32. The first-order valence-corrected chi connectivity index (χ1v) is 11.8. The van der Waals surface area contributed by atoms with E-state index >= 15 is 0 Å². The highest BCUT2D eigenvalue weighted by atomic mass is 79.9. The predicted molar refractivity (Wildman–Crippen MR) is 126 cm³/mol. The van der Waals surface area contributed by atoms with E-state index in [2.05, 4.69) is 20.9 Å². The van der Waals surface area contributed by atoms with Crippen molar-refractivity contribution in [1.82, 2.24) is 4.98 Å². The van der Waals surface area contributed by atoms with Gasteiger partial charge in [-0.3, -0.25) is 24.2 Å². The molecule has 1 aromatic rings. The fourth-order valence-corrected chi connectivity index (χ4v) is 3.44. The third-order valence-electron chi connectivity index (χ3n) is 4.50. The minimum Gasteiger partial charge on any atom is -0.466 e. The van der Waals surface area contributed by atoms with Crippen LogP contribution in [0.4, 0.5) is 0 Å². The average Bonchev–Trinajstić information content (AvgIpc) is 2.69. The van der Waals surface area contributed by atoms with Crippen molar-refractivity contribution in [2.75, 3.05) is 19.8 Å². The molecule has 8 nitrogen and oxygen atoms in total. The average molecular weight is 528 g/mol. The van der Waals surface area contributed by atoms with Gasteiger partial charge < -0.3 is 14.2 Å². The molecular weight excluding hydrogens is 494 g/mol. The summed E-state index contributed by atoms with van der Waals surface area (Å²) in [7, 11) is 0. The molecule has 1 unspecified atom stereocenters. The van der Waals surface area contributed by atoms with E-state index in [-0.39, 0.29) is 44.0 Å². The van der Waals surface area contributed by atoms with Crippen LogP contribution in [0, 0.1) is 11.3 Å². The standard InChI is InChI=1S/C24H34BrNO7/c1-7-32-20(28)9-8-10-24(22(30)33-23(4,5)6,19(27)15-31-14-16(2)3)21(29)17-11-18(25)13-26-12-17/h11-13,16H,7-10,14-15H2,1-6H3. The number of carbonyl (C=O) groups excluding carboxylic acids is 4. The number of hydrogen-bond acceptors (Lipinski definition) is 8. The summed E-state index contributed by atoms with van der Waals surface area (Å²) in [5.74, 6) is -2.75. The van der Waals surface area contributed by atoms with Gasteiger partial charge in [0.15, 0.2) is 17.0 Å². The number of hydrogen-bond donors (Lipinski definition) is 0. The largest absolute Gasteiger partial charge is 0.466 e. The van der Waals surface area contributed by atoms with E-state index in [1.807, 2.05) is 13.8 Å². The molecule has 0 aliphatic rings. The first kappa shape index (κ1) is 28.9. The lowest BCUT2D eigenvalue weighted by molar-refractivity contribution is -0.169. The number of halogens is 1. The van der Waals surface area contributed by atoms with Gasteiger partial charge in [0.25, 0.3) is 0 Å². The van der Waals surface area contributed by atoms with Gasteiger partial charge in [0.2, 0.25) is 0 Å². The number of rotatable bonds is 13. The topological polar surface area (TPSA) is 109 Å². The normalized spacial score (nSPS) is 13.3. The van der Waals surface area contributed by atoms with Gasteiger partial charge in [0.05, 0.1) is 6.61 Å². The number of ketones is 2. The summed E-state index contributed by atoms with van der Waals surface area (Å²) in [5.41, 5.74) is -3.05. The molecule has 0 aliphatic heterocycles. The molecule has 1 aromatic heterocycles. The lowest BCUT2D eigenvalue weighted by Crippen LogP contribution is -2.51. The second-order valence-electron chi connectivity index (χ2n) is 9.12. The van der Waals surface area contributed by atoms with E-state index in [4.69, 9.17) is 14.2 Å². The molecule has 0 radical (unpaired) electrons. The Morgan fingerprint density at radius 3 is 2.33 bits per heavy atom. The van der Waals surface area contributed by atoms with Gasteiger partial charge in [0, 0.05) is 35.5 Å². The van der Waals surface area contributed by atoms with Crippen molar-refractivity contribution in [1.29, 1.82) is 0 Å². The Balaban J connectivity index is 3.45. The van der Waals surface area contributed by atoms with Crippen LogP contribution in [0.5, 0.6) is 0 Å². The van der Waals surface area contributed by atoms with Gasteiger partial charge in [-0.1, -0.05) is 13.8 Å². The highest BCUT2D eigenvalue weighted by molar-refractivity contribution is 9.10. The predicted octanol–water partition coefficient (Wildman–Crippen LogP) is 4.33. The molecule has 0 aromatic carbocycles. The summed E-state index contributed by atoms with van der Waals surface area (Å²) < 4.78 is 16.5. The van der Waals surface area contributed by atoms with Crippen molar-refractivity contribution in [3.8, 4) is 0 Å². The van der Waals surface area contributed by atoms with Gasteiger partial charge in [-0.15, -0.1) is 0 Å². The Kier molecular flexibility index (Phi) is 11.3.